The van der Waals surface area contributed by atoms with Gasteiger partial charge in [0.2, 0.25) is 0 Å². The van der Waals surface area contributed by atoms with E-state index in [1.54, 1.807) is 20.8 Å². The van der Waals surface area contributed by atoms with Crippen molar-refractivity contribution in [1.82, 2.24) is 5.32 Å². The van der Waals surface area contributed by atoms with Crippen molar-refractivity contribution in [1.29, 1.82) is 0 Å². The summed E-state index contributed by atoms with van der Waals surface area (Å²) in [5.74, 6) is 5.28. The predicted molar refractivity (Wildman–Crippen MR) is 75.5 cm³/mol. The SMILES string of the molecule is CC(C)(C)OC(=O)NCCC#Cc1c(O)cccc1O. The van der Waals surface area contributed by atoms with Gasteiger partial charge in [0.05, 0.1) is 0 Å². The topological polar surface area (TPSA) is 78.8 Å². The zero-order chi connectivity index (χ0) is 15.2. The third-order valence-corrected chi connectivity index (χ3v) is 2.15. The van der Waals surface area contributed by atoms with Crippen LogP contribution in [0.4, 0.5) is 4.79 Å². The zero-order valence-electron chi connectivity index (χ0n) is 11.9. The van der Waals surface area contributed by atoms with E-state index in [9.17, 15) is 15.0 Å². The van der Waals surface area contributed by atoms with E-state index in [0.29, 0.717) is 13.0 Å². The third kappa shape index (κ3) is 5.53. The van der Waals surface area contributed by atoms with Gasteiger partial charge in [-0.1, -0.05) is 17.9 Å². The first-order chi connectivity index (χ1) is 9.29. The molecule has 0 heterocycles. The van der Waals surface area contributed by atoms with Gasteiger partial charge in [-0.25, -0.2) is 4.79 Å². The van der Waals surface area contributed by atoms with Crippen molar-refractivity contribution in [2.75, 3.05) is 6.54 Å². The van der Waals surface area contributed by atoms with Crippen LogP contribution in [0.1, 0.15) is 32.8 Å². The minimum atomic E-state index is -0.530. The molecular weight excluding hydrogens is 258 g/mol. The molecule has 1 aromatic carbocycles. The molecule has 0 saturated carbocycles. The second-order valence-electron chi connectivity index (χ2n) is 5.15. The van der Waals surface area contributed by atoms with Gasteiger partial charge >= 0.3 is 6.09 Å². The number of carbonyl (C=O) groups excluding carboxylic acids is 1. The maximum atomic E-state index is 11.3. The Morgan fingerprint density at radius 1 is 1.30 bits per heavy atom. The maximum Gasteiger partial charge on any atom is 0.407 e. The summed E-state index contributed by atoms with van der Waals surface area (Å²) in [7, 11) is 0. The molecule has 0 bridgehead atoms. The van der Waals surface area contributed by atoms with Crippen LogP contribution in [-0.4, -0.2) is 28.5 Å². The lowest BCUT2D eigenvalue weighted by Crippen LogP contribution is -2.32. The summed E-state index contributed by atoms with van der Waals surface area (Å²) in [4.78, 5) is 11.3. The molecule has 3 N–H and O–H groups in total. The Hall–Kier alpha value is -2.35. The molecule has 0 saturated heterocycles. The molecule has 5 nitrogen and oxygen atoms in total. The van der Waals surface area contributed by atoms with Gasteiger partial charge in [-0.3, -0.25) is 0 Å². The molecule has 108 valence electrons. The quantitative estimate of drug-likeness (QED) is 0.573. The van der Waals surface area contributed by atoms with Crippen LogP contribution in [-0.2, 0) is 4.74 Å². The van der Waals surface area contributed by atoms with Crippen LogP contribution in [0.5, 0.6) is 11.5 Å². The van der Waals surface area contributed by atoms with E-state index in [4.69, 9.17) is 4.74 Å². The smallest absolute Gasteiger partial charge is 0.407 e. The average Bonchev–Trinajstić information content (AvgIpc) is 2.29. The Morgan fingerprint density at radius 2 is 1.90 bits per heavy atom. The Morgan fingerprint density at radius 3 is 2.45 bits per heavy atom. The maximum absolute atomic E-state index is 11.3. The third-order valence-electron chi connectivity index (χ3n) is 2.15. The summed E-state index contributed by atoms with van der Waals surface area (Å²) in [6.07, 6.45) is -0.114. The van der Waals surface area contributed by atoms with Crippen molar-refractivity contribution in [2.24, 2.45) is 0 Å². The zero-order valence-corrected chi connectivity index (χ0v) is 11.9. The molecule has 0 unspecified atom stereocenters. The highest BCUT2D eigenvalue weighted by atomic mass is 16.6. The highest BCUT2D eigenvalue weighted by Crippen LogP contribution is 2.24. The lowest BCUT2D eigenvalue weighted by atomic mass is 10.2. The van der Waals surface area contributed by atoms with Crippen LogP contribution >= 0.6 is 0 Å². The number of aromatic hydroxyl groups is 2. The summed E-state index contributed by atoms with van der Waals surface area (Å²) in [6, 6.07) is 4.42. The molecule has 1 aromatic rings. The number of alkyl carbamates (subject to hydrolysis) is 1. The van der Waals surface area contributed by atoms with Gasteiger partial charge in [0, 0.05) is 13.0 Å². The van der Waals surface area contributed by atoms with E-state index in [1.165, 1.54) is 18.2 Å². The van der Waals surface area contributed by atoms with Crippen molar-refractivity contribution < 1.29 is 19.7 Å². The number of rotatable bonds is 2. The Kier molecular flexibility index (Phi) is 5.27. The summed E-state index contributed by atoms with van der Waals surface area (Å²) >= 11 is 0. The summed E-state index contributed by atoms with van der Waals surface area (Å²) in [6.45, 7) is 5.68. The molecule has 0 aliphatic heterocycles. The number of amides is 1. The Bertz CT molecular complexity index is 515. The minimum Gasteiger partial charge on any atom is -0.507 e. The fraction of sp³-hybridized carbons (Fsp3) is 0.400. The van der Waals surface area contributed by atoms with Crippen molar-refractivity contribution >= 4 is 6.09 Å². The van der Waals surface area contributed by atoms with Gasteiger partial charge in [-0.05, 0) is 32.9 Å². The Labute approximate surface area is 118 Å². The molecule has 0 aliphatic carbocycles. The normalized spacial score (nSPS) is 10.3. The van der Waals surface area contributed by atoms with Crippen molar-refractivity contribution in [3.63, 3.8) is 0 Å². The number of benzene rings is 1. The fourth-order valence-electron chi connectivity index (χ4n) is 1.35. The number of ether oxygens (including phenoxy) is 1. The van der Waals surface area contributed by atoms with Gasteiger partial charge < -0.3 is 20.3 Å². The van der Waals surface area contributed by atoms with Gasteiger partial charge in [0.25, 0.3) is 0 Å². The predicted octanol–water partition coefficient (Wildman–Crippen LogP) is 2.36. The van der Waals surface area contributed by atoms with Crippen LogP contribution in [0.15, 0.2) is 18.2 Å². The lowest BCUT2D eigenvalue weighted by molar-refractivity contribution is 0.0529. The number of hydrogen-bond acceptors (Lipinski definition) is 4. The Balaban J connectivity index is 2.43. The lowest BCUT2D eigenvalue weighted by Gasteiger charge is -2.19. The monoisotopic (exact) mass is 277 g/mol. The molecule has 0 atom stereocenters. The van der Waals surface area contributed by atoms with Crippen molar-refractivity contribution in [3.05, 3.63) is 23.8 Å². The molecule has 5 heteroatoms. The van der Waals surface area contributed by atoms with Crippen LogP contribution in [0.3, 0.4) is 0 Å². The first-order valence-electron chi connectivity index (χ1n) is 6.26. The van der Waals surface area contributed by atoms with E-state index < -0.39 is 11.7 Å². The number of nitrogens with one attached hydrogen (secondary N) is 1. The molecular formula is C15H19NO4. The van der Waals surface area contributed by atoms with Crippen LogP contribution in [0.25, 0.3) is 0 Å². The molecule has 20 heavy (non-hydrogen) atoms. The number of phenols is 2. The second-order valence-corrected chi connectivity index (χ2v) is 5.15. The van der Waals surface area contributed by atoms with Gasteiger partial charge in [-0.15, -0.1) is 0 Å². The summed E-state index contributed by atoms with van der Waals surface area (Å²) in [5.41, 5.74) is -0.345. The molecule has 1 rings (SSSR count). The number of phenolic OH excluding ortho intramolecular Hbond substituents is 2. The molecule has 0 aliphatic rings. The van der Waals surface area contributed by atoms with Crippen LogP contribution < -0.4 is 5.32 Å². The summed E-state index contributed by atoms with van der Waals surface area (Å²) < 4.78 is 5.06. The van der Waals surface area contributed by atoms with Gasteiger partial charge in [0.1, 0.15) is 22.7 Å². The standard InChI is InChI=1S/C15H19NO4/c1-15(2,3)20-14(19)16-10-5-4-7-11-12(17)8-6-9-13(11)18/h6,8-9,17-18H,5,10H2,1-3H3,(H,16,19). The van der Waals surface area contributed by atoms with Gasteiger partial charge in [-0.2, -0.15) is 0 Å². The van der Waals surface area contributed by atoms with E-state index in [-0.39, 0.29) is 17.1 Å². The molecule has 0 fully saturated rings. The second kappa shape index (κ2) is 6.71. The van der Waals surface area contributed by atoms with Gasteiger partial charge in [0.15, 0.2) is 0 Å². The highest BCUT2D eigenvalue weighted by molar-refractivity contribution is 5.67. The first kappa shape index (κ1) is 15.7. The molecule has 0 spiro atoms. The van der Waals surface area contributed by atoms with Crippen LogP contribution in [0.2, 0.25) is 0 Å². The molecule has 0 aromatic heterocycles. The average molecular weight is 277 g/mol. The minimum absolute atomic E-state index is 0.0717. The van der Waals surface area contributed by atoms with Crippen LogP contribution in [0, 0.1) is 11.8 Å². The molecule has 0 radical (unpaired) electrons. The van der Waals surface area contributed by atoms with Crippen molar-refractivity contribution in [3.8, 4) is 23.3 Å². The number of hydrogen-bond donors (Lipinski definition) is 3. The van der Waals surface area contributed by atoms with E-state index in [0.717, 1.165) is 0 Å². The highest BCUT2D eigenvalue weighted by Gasteiger charge is 2.15. The molecule has 1 amide bonds. The number of carbonyl (C=O) groups is 1. The van der Waals surface area contributed by atoms with E-state index >= 15 is 0 Å². The largest absolute Gasteiger partial charge is 0.507 e. The summed E-state index contributed by atoms with van der Waals surface area (Å²) in [5, 5.41) is 21.6. The van der Waals surface area contributed by atoms with E-state index in [1.807, 2.05) is 0 Å². The first-order valence-corrected chi connectivity index (χ1v) is 6.26. The van der Waals surface area contributed by atoms with Crippen molar-refractivity contribution in [2.45, 2.75) is 32.8 Å². The fourth-order valence-corrected chi connectivity index (χ4v) is 1.35. The van der Waals surface area contributed by atoms with E-state index in [2.05, 4.69) is 17.2 Å².